The van der Waals surface area contributed by atoms with Crippen LogP contribution < -0.4 is 0 Å². The highest BCUT2D eigenvalue weighted by atomic mass is 16.4. The van der Waals surface area contributed by atoms with Gasteiger partial charge in [0.15, 0.2) is 0 Å². The van der Waals surface area contributed by atoms with Crippen molar-refractivity contribution in [1.29, 1.82) is 0 Å². The second-order valence-electron chi connectivity index (χ2n) is 3.45. The molecule has 0 radical (unpaired) electrons. The molecule has 0 rings (SSSR count). The number of hydrogen-bond acceptors (Lipinski definition) is 2. The minimum absolute atomic E-state index is 0.0145. The lowest BCUT2D eigenvalue weighted by molar-refractivity contribution is -0.138. The van der Waals surface area contributed by atoms with Gasteiger partial charge < -0.3 is 5.11 Å². The molecule has 3 nitrogen and oxygen atoms in total. The van der Waals surface area contributed by atoms with Crippen LogP contribution in [0.4, 0.5) is 0 Å². The summed E-state index contributed by atoms with van der Waals surface area (Å²) in [7, 11) is 0. The van der Waals surface area contributed by atoms with Gasteiger partial charge in [-0.3, -0.25) is 9.59 Å². The fourth-order valence-electron chi connectivity index (χ4n) is 1.15. The van der Waals surface area contributed by atoms with E-state index in [9.17, 15) is 9.59 Å². The van der Waals surface area contributed by atoms with E-state index in [1.807, 2.05) is 13.8 Å². The second kappa shape index (κ2) is 4.91. The summed E-state index contributed by atoms with van der Waals surface area (Å²) < 4.78 is 0. The van der Waals surface area contributed by atoms with Crippen LogP contribution in [0.1, 0.15) is 33.6 Å². The summed E-state index contributed by atoms with van der Waals surface area (Å²) in [6.07, 6.45) is 0.819. The van der Waals surface area contributed by atoms with E-state index in [2.05, 4.69) is 0 Å². The topological polar surface area (TPSA) is 54.4 Å². The zero-order valence-corrected chi connectivity index (χ0v) is 7.83. The number of Topliss-reactive ketones (excluding diaryl/α,β-unsaturated/α-hetero) is 1. The summed E-state index contributed by atoms with van der Waals surface area (Å²) in [5.74, 6) is -0.591. The Balaban J connectivity index is 3.76. The Morgan fingerprint density at radius 1 is 1.33 bits per heavy atom. The highest BCUT2D eigenvalue weighted by Crippen LogP contribution is 2.15. The Hall–Kier alpha value is -0.860. The van der Waals surface area contributed by atoms with Gasteiger partial charge in [0.1, 0.15) is 5.78 Å². The lowest BCUT2D eigenvalue weighted by Gasteiger charge is -2.12. The van der Waals surface area contributed by atoms with Crippen molar-refractivity contribution in [2.45, 2.75) is 33.6 Å². The molecular weight excluding hydrogens is 156 g/mol. The van der Waals surface area contributed by atoms with Gasteiger partial charge in [-0.15, -0.1) is 0 Å². The lowest BCUT2D eigenvalue weighted by atomic mass is 9.92. The summed E-state index contributed by atoms with van der Waals surface area (Å²) in [4.78, 5) is 21.1. The normalized spacial score (nSPS) is 15.2. The van der Waals surface area contributed by atoms with Crippen molar-refractivity contribution in [3.05, 3.63) is 0 Å². The molecule has 2 atom stereocenters. The molecule has 3 heteroatoms. The molecule has 0 spiro atoms. The Morgan fingerprint density at radius 2 is 1.83 bits per heavy atom. The van der Waals surface area contributed by atoms with Crippen molar-refractivity contribution >= 4 is 11.8 Å². The number of hydrogen-bond donors (Lipinski definition) is 1. The first-order valence-corrected chi connectivity index (χ1v) is 4.15. The van der Waals surface area contributed by atoms with Gasteiger partial charge >= 0.3 is 5.97 Å². The van der Waals surface area contributed by atoms with Crippen LogP contribution in [0, 0.1) is 11.8 Å². The molecule has 12 heavy (non-hydrogen) atoms. The molecule has 0 aromatic heterocycles. The predicted octanol–water partition coefficient (Wildman–Crippen LogP) is 1.71. The van der Waals surface area contributed by atoms with E-state index in [-0.39, 0.29) is 24.0 Å². The third-order valence-corrected chi connectivity index (χ3v) is 1.97. The maximum atomic E-state index is 10.8. The predicted molar refractivity (Wildman–Crippen MR) is 45.9 cm³/mol. The van der Waals surface area contributed by atoms with E-state index in [0.29, 0.717) is 6.42 Å². The van der Waals surface area contributed by atoms with Crippen molar-refractivity contribution in [3.63, 3.8) is 0 Å². The minimum Gasteiger partial charge on any atom is -0.481 e. The van der Waals surface area contributed by atoms with Gasteiger partial charge in [0.05, 0.1) is 0 Å². The maximum Gasteiger partial charge on any atom is 0.303 e. The average Bonchev–Trinajstić information content (AvgIpc) is 1.84. The summed E-state index contributed by atoms with van der Waals surface area (Å²) >= 11 is 0. The molecule has 0 aromatic rings. The van der Waals surface area contributed by atoms with Crippen LogP contribution in [0.2, 0.25) is 0 Å². The Labute approximate surface area is 72.8 Å². The van der Waals surface area contributed by atoms with Crippen molar-refractivity contribution in [2.75, 3.05) is 0 Å². The van der Waals surface area contributed by atoms with Crippen molar-refractivity contribution < 1.29 is 14.7 Å². The number of carboxylic acid groups (broad SMARTS) is 1. The molecule has 2 unspecified atom stereocenters. The van der Waals surface area contributed by atoms with Crippen LogP contribution in [0.15, 0.2) is 0 Å². The smallest absolute Gasteiger partial charge is 0.303 e. The standard InChI is InChI=1S/C9H16O3/c1-6(5-9(11)12)4-7(2)8(3)10/h6-7H,4-5H2,1-3H3,(H,11,12). The quantitative estimate of drug-likeness (QED) is 0.686. The number of carbonyl (C=O) groups is 2. The first-order valence-electron chi connectivity index (χ1n) is 4.15. The summed E-state index contributed by atoms with van der Waals surface area (Å²) in [5, 5.41) is 8.45. The SMILES string of the molecule is CC(=O)C(C)CC(C)CC(=O)O. The first-order chi connectivity index (χ1) is 5.43. The summed E-state index contributed by atoms with van der Waals surface area (Å²) in [5.41, 5.74) is 0. The van der Waals surface area contributed by atoms with Gasteiger partial charge in [-0.1, -0.05) is 13.8 Å². The van der Waals surface area contributed by atoms with Crippen molar-refractivity contribution in [3.8, 4) is 0 Å². The number of aliphatic carboxylic acids is 1. The largest absolute Gasteiger partial charge is 0.481 e. The molecule has 0 aliphatic carbocycles. The molecular formula is C9H16O3. The van der Waals surface area contributed by atoms with E-state index in [1.54, 1.807) is 0 Å². The van der Waals surface area contributed by atoms with E-state index in [0.717, 1.165) is 0 Å². The third-order valence-electron chi connectivity index (χ3n) is 1.97. The Morgan fingerprint density at radius 3 is 2.17 bits per heavy atom. The fraction of sp³-hybridized carbons (Fsp3) is 0.778. The Kier molecular flexibility index (Phi) is 4.55. The van der Waals surface area contributed by atoms with E-state index >= 15 is 0 Å². The monoisotopic (exact) mass is 172 g/mol. The van der Waals surface area contributed by atoms with Gasteiger partial charge in [0, 0.05) is 12.3 Å². The van der Waals surface area contributed by atoms with Gasteiger partial charge in [0.2, 0.25) is 0 Å². The van der Waals surface area contributed by atoms with E-state index < -0.39 is 5.97 Å². The molecule has 0 saturated carbocycles. The van der Waals surface area contributed by atoms with Crippen LogP contribution in [0.25, 0.3) is 0 Å². The number of carboxylic acids is 1. The molecule has 70 valence electrons. The summed E-state index contributed by atoms with van der Waals surface area (Å²) in [6, 6.07) is 0. The van der Waals surface area contributed by atoms with Gasteiger partial charge in [-0.25, -0.2) is 0 Å². The Bertz CT molecular complexity index is 175. The molecule has 0 aliphatic rings. The highest BCUT2D eigenvalue weighted by molar-refractivity contribution is 5.77. The zero-order valence-electron chi connectivity index (χ0n) is 7.83. The van der Waals surface area contributed by atoms with Crippen molar-refractivity contribution in [1.82, 2.24) is 0 Å². The first kappa shape index (κ1) is 11.1. The molecule has 0 bridgehead atoms. The molecule has 0 fully saturated rings. The lowest BCUT2D eigenvalue weighted by Crippen LogP contribution is -2.13. The number of carbonyl (C=O) groups excluding carboxylic acids is 1. The van der Waals surface area contributed by atoms with E-state index in [4.69, 9.17) is 5.11 Å². The van der Waals surface area contributed by atoms with Crippen LogP contribution in [-0.2, 0) is 9.59 Å². The van der Waals surface area contributed by atoms with Crippen LogP contribution in [-0.4, -0.2) is 16.9 Å². The third kappa shape index (κ3) is 4.88. The number of rotatable bonds is 5. The minimum atomic E-state index is -0.793. The average molecular weight is 172 g/mol. The molecule has 0 amide bonds. The van der Waals surface area contributed by atoms with Crippen LogP contribution >= 0.6 is 0 Å². The van der Waals surface area contributed by atoms with Crippen LogP contribution in [0.3, 0.4) is 0 Å². The second-order valence-corrected chi connectivity index (χ2v) is 3.45. The molecule has 0 aromatic carbocycles. The summed E-state index contributed by atoms with van der Waals surface area (Å²) in [6.45, 7) is 5.23. The number of ketones is 1. The van der Waals surface area contributed by atoms with Crippen molar-refractivity contribution in [2.24, 2.45) is 11.8 Å². The molecule has 1 N–H and O–H groups in total. The molecule has 0 saturated heterocycles. The maximum absolute atomic E-state index is 10.8. The van der Waals surface area contributed by atoms with Gasteiger partial charge in [0.25, 0.3) is 0 Å². The van der Waals surface area contributed by atoms with E-state index in [1.165, 1.54) is 6.92 Å². The highest BCUT2D eigenvalue weighted by Gasteiger charge is 2.14. The molecule has 0 heterocycles. The zero-order chi connectivity index (χ0) is 9.72. The van der Waals surface area contributed by atoms with Gasteiger partial charge in [-0.05, 0) is 19.3 Å². The fourth-order valence-corrected chi connectivity index (χ4v) is 1.15. The van der Waals surface area contributed by atoms with Crippen LogP contribution in [0.5, 0.6) is 0 Å². The van der Waals surface area contributed by atoms with Gasteiger partial charge in [-0.2, -0.15) is 0 Å². The molecule has 0 aliphatic heterocycles.